The summed E-state index contributed by atoms with van der Waals surface area (Å²) in [5.41, 5.74) is 1.39. The Hall–Kier alpha value is -3.28. The zero-order chi connectivity index (χ0) is 18.5. The highest BCUT2D eigenvalue weighted by Crippen LogP contribution is 2.30. The van der Waals surface area contributed by atoms with Crippen molar-refractivity contribution in [2.45, 2.75) is 19.0 Å². The Bertz CT molecular complexity index is 825. The van der Waals surface area contributed by atoms with Crippen LogP contribution in [0.1, 0.15) is 12.7 Å². The van der Waals surface area contributed by atoms with E-state index in [1.165, 1.54) is 13.2 Å². The molecule has 2 atom stereocenters. The molecule has 6 nitrogen and oxygen atoms in total. The summed E-state index contributed by atoms with van der Waals surface area (Å²) in [6.45, 7) is 1.72. The van der Waals surface area contributed by atoms with Gasteiger partial charge in [0.05, 0.1) is 19.4 Å². The third-order valence-corrected chi connectivity index (χ3v) is 4.10. The second kappa shape index (κ2) is 7.74. The lowest BCUT2D eigenvalue weighted by atomic mass is 9.92. The van der Waals surface area contributed by atoms with Crippen molar-refractivity contribution in [3.05, 3.63) is 72.3 Å². The lowest BCUT2D eigenvalue weighted by molar-refractivity contribution is -0.135. The number of methoxy groups -OCH3 is 1. The molecule has 134 valence electrons. The van der Waals surface area contributed by atoms with Crippen molar-refractivity contribution < 1.29 is 18.7 Å². The van der Waals surface area contributed by atoms with E-state index < -0.39 is 12.0 Å². The van der Waals surface area contributed by atoms with Crippen LogP contribution in [0.15, 0.2) is 71.0 Å². The quantitative estimate of drug-likeness (QED) is 0.492. The minimum absolute atomic E-state index is 0.0667. The van der Waals surface area contributed by atoms with E-state index in [-0.39, 0.29) is 11.9 Å². The van der Waals surface area contributed by atoms with Crippen molar-refractivity contribution in [3.63, 3.8) is 0 Å². The molecular formula is C20H20N2O4. The number of benzene rings is 1. The number of carbonyl (C=O) groups is 2. The van der Waals surface area contributed by atoms with Crippen molar-refractivity contribution in [1.29, 1.82) is 0 Å². The average molecular weight is 352 g/mol. The number of amides is 1. The minimum atomic E-state index is -0.470. The maximum Gasteiger partial charge on any atom is 0.332 e. The lowest BCUT2D eigenvalue weighted by Crippen LogP contribution is -2.69. The van der Waals surface area contributed by atoms with E-state index in [0.29, 0.717) is 11.5 Å². The Morgan fingerprint density at radius 2 is 2.00 bits per heavy atom. The Labute approximate surface area is 151 Å². The summed E-state index contributed by atoms with van der Waals surface area (Å²) in [5.74, 6) is 0.171. The number of anilines is 1. The van der Waals surface area contributed by atoms with Gasteiger partial charge in [-0.05, 0) is 37.3 Å². The fourth-order valence-corrected chi connectivity index (χ4v) is 2.84. The third-order valence-electron chi connectivity index (χ3n) is 4.10. The first-order chi connectivity index (χ1) is 12.6. The van der Waals surface area contributed by atoms with E-state index in [1.807, 2.05) is 48.6 Å². The van der Waals surface area contributed by atoms with Gasteiger partial charge in [-0.2, -0.15) is 0 Å². The number of allylic oxidation sites excluding steroid dienone is 1. The Morgan fingerprint density at radius 3 is 2.65 bits per heavy atom. The summed E-state index contributed by atoms with van der Waals surface area (Å²) >= 11 is 0. The van der Waals surface area contributed by atoms with E-state index in [4.69, 9.17) is 4.42 Å². The average Bonchev–Trinajstić information content (AvgIpc) is 3.17. The molecule has 1 fully saturated rings. The highest BCUT2D eigenvalue weighted by atomic mass is 16.5. The Morgan fingerprint density at radius 1 is 1.23 bits per heavy atom. The molecule has 3 rings (SSSR count). The number of nitrogens with one attached hydrogen (secondary N) is 1. The van der Waals surface area contributed by atoms with Crippen molar-refractivity contribution in [2.24, 2.45) is 0 Å². The maximum atomic E-state index is 12.7. The molecular weight excluding hydrogens is 332 g/mol. The molecule has 1 aliphatic heterocycles. The largest absolute Gasteiger partial charge is 0.466 e. The van der Waals surface area contributed by atoms with Crippen LogP contribution in [0.3, 0.4) is 0 Å². The topological polar surface area (TPSA) is 71.8 Å². The van der Waals surface area contributed by atoms with Gasteiger partial charge in [0.2, 0.25) is 0 Å². The summed E-state index contributed by atoms with van der Waals surface area (Å²) in [7, 11) is 1.31. The molecule has 0 radical (unpaired) electrons. The van der Waals surface area contributed by atoms with E-state index in [2.05, 4.69) is 10.1 Å². The molecule has 26 heavy (non-hydrogen) atoms. The molecule has 2 aromatic rings. The van der Waals surface area contributed by atoms with Gasteiger partial charge in [-0.25, -0.2) is 4.79 Å². The standard InChI is InChI=1S/C20H20N2O4/c1-14(13-18(23)25-2)21-19-17(11-10-16-9-6-12-26-16)22(20(19)24)15-7-4-3-5-8-15/h3-13,17,19,21H,1-2H3/b11-10+,14-13+/t17-,19+/m0/s1. The van der Waals surface area contributed by atoms with Crippen LogP contribution < -0.4 is 10.2 Å². The van der Waals surface area contributed by atoms with Crippen LogP contribution in [0, 0.1) is 0 Å². The monoisotopic (exact) mass is 352 g/mol. The molecule has 1 aromatic carbocycles. The van der Waals surface area contributed by atoms with E-state index in [0.717, 1.165) is 5.69 Å². The highest BCUT2D eigenvalue weighted by Gasteiger charge is 2.46. The third kappa shape index (κ3) is 3.69. The lowest BCUT2D eigenvalue weighted by Gasteiger charge is -2.46. The molecule has 2 heterocycles. The van der Waals surface area contributed by atoms with Crippen molar-refractivity contribution >= 4 is 23.6 Å². The number of rotatable bonds is 6. The van der Waals surface area contributed by atoms with Gasteiger partial charge >= 0.3 is 5.97 Å². The van der Waals surface area contributed by atoms with Gasteiger partial charge in [0, 0.05) is 17.5 Å². The fraction of sp³-hybridized carbons (Fsp3) is 0.200. The first kappa shape index (κ1) is 17.5. The minimum Gasteiger partial charge on any atom is -0.466 e. The summed E-state index contributed by atoms with van der Waals surface area (Å²) < 4.78 is 9.94. The first-order valence-electron chi connectivity index (χ1n) is 8.23. The van der Waals surface area contributed by atoms with E-state index in [9.17, 15) is 9.59 Å². The number of hydrogen-bond donors (Lipinski definition) is 1. The van der Waals surface area contributed by atoms with Crippen LogP contribution in [-0.2, 0) is 14.3 Å². The van der Waals surface area contributed by atoms with Crippen LogP contribution >= 0.6 is 0 Å². The molecule has 0 unspecified atom stereocenters. The highest BCUT2D eigenvalue weighted by molar-refractivity contribution is 6.06. The number of β-lactam (4-membered cyclic amide) rings is 1. The molecule has 0 spiro atoms. The summed E-state index contributed by atoms with van der Waals surface area (Å²) in [6, 6.07) is 12.4. The number of furan rings is 1. The van der Waals surface area contributed by atoms with Crippen LogP contribution in [0.4, 0.5) is 5.69 Å². The van der Waals surface area contributed by atoms with E-state index >= 15 is 0 Å². The molecule has 1 aliphatic rings. The Balaban J connectivity index is 1.82. The van der Waals surface area contributed by atoms with Crippen molar-refractivity contribution in [1.82, 2.24) is 5.32 Å². The molecule has 0 saturated carbocycles. The van der Waals surface area contributed by atoms with Gasteiger partial charge in [-0.15, -0.1) is 0 Å². The molecule has 0 bridgehead atoms. The van der Waals surface area contributed by atoms with Gasteiger partial charge in [0.25, 0.3) is 5.91 Å². The molecule has 1 saturated heterocycles. The number of para-hydroxylation sites is 1. The van der Waals surface area contributed by atoms with Crippen LogP contribution in [-0.4, -0.2) is 31.1 Å². The molecule has 6 heteroatoms. The van der Waals surface area contributed by atoms with Gasteiger partial charge < -0.3 is 19.4 Å². The zero-order valence-corrected chi connectivity index (χ0v) is 14.6. The van der Waals surface area contributed by atoms with Gasteiger partial charge in [0.1, 0.15) is 11.8 Å². The Kier molecular flexibility index (Phi) is 5.22. The van der Waals surface area contributed by atoms with Crippen molar-refractivity contribution in [2.75, 3.05) is 12.0 Å². The first-order valence-corrected chi connectivity index (χ1v) is 8.23. The van der Waals surface area contributed by atoms with Gasteiger partial charge in [-0.1, -0.05) is 24.3 Å². The number of nitrogens with zero attached hydrogens (tertiary/aromatic N) is 1. The molecule has 1 aromatic heterocycles. The second-order valence-corrected chi connectivity index (χ2v) is 5.88. The number of esters is 1. The smallest absolute Gasteiger partial charge is 0.332 e. The van der Waals surface area contributed by atoms with E-state index in [1.54, 1.807) is 24.2 Å². The summed E-state index contributed by atoms with van der Waals surface area (Å²) in [6.07, 6.45) is 6.67. The number of ether oxygens (including phenoxy) is 1. The summed E-state index contributed by atoms with van der Waals surface area (Å²) in [5, 5.41) is 3.10. The number of hydrogen-bond acceptors (Lipinski definition) is 5. The van der Waals surface area contributed by atoms with Crippen LogP contribution in [0.2, 0.25) is 0 Å². The number of carbonyl (C=O) groups excluding carboxylic acids is 2. The van der Waals surface area contributed by atoms with Crippen LogP contribution in [0.25, 0.3) is 6.08 Å². The molecule has 1 amide bonds. The molecule has 0 aliphatic carbocycles. The normalized spacial score (nSPS) is 20.2. The van der Waals surface area contributed by atoms with Crippen molar-refractivity contribution in [3.8, 4) is 0 Å². The van der Waals surface area contributed by atoms with Crippen LogP contribution in [0.5, 0.6) is 0 Å². The predicted octanol–water partition coefficient (Wildman–Crippen LogP) is 2.74. The fourth-order valence-electron chi connectivity index (χ4n) is 2.84. The van der Waals surface area contributed by atoms with Gasteiger partial charge in [-0.3, -0.25) is 4.79 Å². The zero-order valence-electron chi connectivity index (χ0n) is 14.6. The molecule has 1 N–H and O–H groups in total. The predicted molar refractivity (Wildman–Crippen MR) is 98.2 cm³/mol. The van der Waals surface area contributed by atoms with Gasteiger partial charge in [0.15, 0.2) is 0 Å². The summed E-state index contributed by atoms with van der Waals surface area (Å²) in [4.78, 5) is 25.8. The second-order valence-electron chi connectivity index (χ2n) is 5.88. The SMILES string of the molecule is COC(=O)/C=C(\C)N[C@H]1C(=O)N(c2ccccc2)[C@H]1/C=C/c1ccco1. The maximum absolute atomic E-state index is 12.7.